The third-order valence-electron chi connectivity index (χ3n) is 2.79. The van der Waals surface area contributed by atoms with Gasteiger partial charge in [-0.1, -0.05) is 18.2 Å². The normalized spacial score (nSPS) is 10.9. The number of aryl methyl sites for hydroxylation is 1. The van der Waals surface area contributed by atoms with Gasteiger partial charge in [0.05, 0.1) is 17.9 Å². The van der Waals surface area contributed by atoms with Crippen molar-refractivity contribution >= 4 is 22.0 Å². The van der Waals surface area contributed by atoms with E-state index in [-0.39, 0.29) is 0 Å². The van der Waals surface area contributed by atoms with Crippen LogP contribution in [0.5, 0.6) is 0 Å². The topological polar surface area (TPSA) is 29.3 Å². The molecule has 0 unspecified atom stereocenters. The number of fused-ring (bicyclic) bond motifs is 1. The molecule has 0 aliphatic carbocycles. The van der Waals surface area contributed by atoms with E-state index in [1.54, 1.807) is 11.3 Å². The number of hydrogen-bond donors (Lipinski definition) is 1. The molecule has 4 heteroatoms. The lowest BCUT2D eigenvalue weighted by Crippen LogP contribution is -2.03. The predicted molar refractivity (Wildman–Crippen MR) is 71.6 cm³/mol. The summed E-state index contributed by atoms with van der Waals surface area (Å²) in [6.07, 6.45) is 2.07. The molecule has 0 atom stereocenters. The van der Waals surface area contributed by atoms with Crippen LogP contribution in [0.4, 0.5) is 5.69 Å². The van der Waals surface area contributed by atoms with E-state index in [2.05, 4.69) is 45.3 Å². The summed E-state index contributed by atoms with van der Waals surface area (Å²) in [5.74, 6) is 0. The highest BCUT2D eigenvalue weighted by Crippen LogP contribution is 2.18. The minimum absolute atomic E-state index is 0.799. The van der Waals surface area contributed by atoms with E-state index in [1.807, 2.05) is 18.2 Å². The SMILES string of the molecule is Cc1nc2sccn2c1CNc1ccccc1. The van der Waals surface area contributed by atoms with Gasteiger partial charge in [0.2, 0.25) is 0 Å². The van der Waals surface area contributed by atoms with E-state index >= 15 is 0 Å². The van der Waals surface area contributed by atoms with Crippen LogP contribution in [0, 0.1) is 6.92 Å². The number of aromatic nitrogens is 2. The van der Waals surface area contributed by atoms with E-state index in [4.69, 9.17) is 0 Å². The Bertz CT molecular complexity index is 624. The molecular weight excluding hydrogens is 230 g/mol. The Morgan fingerprint density at radius 2 is 2.12 bits per heavy atom. The zero-order valence-corrected chi connectivity index (χ0v) is 10.4. The molecule has 0 saturated heterocycles. The summed E-state index contributed by atoms with van der Waals surface area (Å²) in [5, 5.41) is 5.48. The van der Waals surface area contributed by atoms with Crippen LogP contribution in [0.3, 0.4) is 0 Å². The second-order valence-corrected chi connectivity index (χ2v) is 4.79. The smallest absolute Gasteiger partial charge is 0.194 e. The molecule has 0 spiro atoms. The second kappa shape index (κ2) is 4.22. The van der Waals surface area contributed by atoms with Gasteiger partial charge in [0.15, 0.2) is 4.96 Å². The Labute approximate surface area is 104 Å². The van der Waals surface area contributed by atoms with Crippen LogP contribution >= 0.6 is 11.3 Å². The van der Waals surface area contributed by atoms with Crippen LogP contribution < -0.4 is 5.32 Å². The zero-order chi connectivity index (χ0) is 11.7. The number of benzene rings is 1. The van der Waals surface area contributed by atoms with Crippen molar-refractivity contribution in [1.82, 2.24) is 9.38 Å². The van der Waals surface area contributed by atoms with Gasteiger partial charge < -0.3 is 5.32 Å². The molecule has 3 aromatic rings. The molecule has 0 fully saturated rings. The highest BCUT2D eigenvalue weighted by molar-refractivity contribution is 7.15. The average molecular weight is 243 g/mol. The lowest BCUT2D eigenvalue weighted by Gasteiger charge is -2.06. The number of imidazole rings is 1. The number of hydrogen-bond acceptors (Lipinski definition) is 3. The summed E-state index contributed by atoms with van der Waals surface area (Å²) in [6, 6.07) is 10.2. The summed E-state index contributed by atoms with van der Waals surface area (Å²) >= 11 is 1.67. The molecular formula is C13H13N3S. The van der Waals surface area contributed by atoms with Gasteiger partial charge in [0.25, 0.3) is 0 Å². The van der Waals surface area contributed by atoms with Gasteiger partial charge in [0, 0.05) is 17.3 Å². The first kappa shape index (κ1) is 10.4. The number of nitrogens with zero attached hydrogens (tertiary/aromatic N) is 2. The molecule has 3 rings (SSSR count). The average Bonchev–Trinajstić information content (AvgIpc) is 2.89. The van der Waals surface area contributed by atoms with Gasteiger partial charge in [-0.05, 0) is 19.1 Å². The molecule has 0 radical (unpaired) electrons. The summed E-state index contributed by atoms with van der Waals surface area (Å²) in [7, 11) is 0. The first-order valence-corrected chi connectivity index (χ1v) is 6.42. The van der Waals surface area contributed by atoms with Gasteiger partial charge >= 0.3 is 0 Å². The summed E-state index contributed by atoms with van der Waals surface area (Å²) in [4.78, 5) is 5.59. The quantitative estimate of drug-likeness (QED) is 0.764. The summed E-state index contributed by atoms with van der Waals surface area (Å²) in [5.41, 5.74) is 3.46. The number of nitrogens with one attached hydrogen (secondary N) is 1. The summed E-state index contributed by atoms with van der Waals surface area (Å²) < 4.78 is 2.15. The van der Waals surface area contributed by atoms with Crippen molar-refractivity contribution in [2.75, 3.05) is 5.32 Å². The second-order valence-electron chi connectivity index (χ2n) is 3.92. The van der Waals surface area contributed by atoms with Gasteiger partial charge in [-0.3, -0.25) is 4.40 Å². The maximum absolute atomic E-state index is 4.53. The van der Waals surface area contributed by atoms with Crippen molar-refractivity contribution < 1.29 is 0 Å². The van der Waals surface area contributed by atoms with Gasteiger partial charge in [-0.2, -0.15) is 0 Å². The van der Waals surface area contributed by atoms with Gasteiger partial charge in [-0.25, -0.2) is 4.98 Å². The van der Waals surface area contributed by atoms with Crippen LogP contribution in [0.15, 0.2) is 41.9 Å². The fourth-order valence-electron chi connectivity index (χ4n) is 1.90. The Morgan fingerprint density at radius 3 is 2.94 bits per heavy atom. The number of anilines is 1. The number of rotatable bonds is 3. The van der Waals surface area contributed by atoms with Crippen molar-refractivity contribution in [3.05, 3.63) is 53.3 Å². The number of thiazole rings is 1. The third-order valence-corrected chi connectivity index (χ3v) is 3.55. The van der Waals surface area contributed by atoms with E-state index in [1.165, 1.54) is 5.69 Å². The Morgan fingerprint density at radius 1 is 1.29 bits per heavy atom. The van der Waals surface area contributed by atoms with Crippen molar-refractivity contribution in [1.29, 1.82) is 0 Å². The molecule has 2 heterocycles. The fourth-order valence-corrected chi connectivity index (χ4v) is 2.67. The van der Waals surface area contributed by atoms with Crippen LogP contribution in [0.1, 0.15) is 11.4 Å². The van der Waals surface area contributed by atoms with Gasteiger partial charge in [0.1, 0.15) is 0 Å². The summed E-state index contributed by atoms with van der Waals surface area (Å²) in [6.45, 7) is 2.86. The van der Waals surface area contributed by atoms with E-state index < -0.39 is 0 Å². The highest BCUT2D eigenvalue weighted by atomic mass is 32.1. The van der Waals surface area contributed by atoms with Gasteiger partial charge in [-0.15, -0.1) is 11.3 Å². The monoisotopic (exact) mass is 243 g/mol. The molecule has 0 amide bonds. The fraction of sp³-hybridized carbons (Fsp3) is 0.154. The molecule has 17 heavy (non-hydrogen) atoms. The molecule has 0 saturated carbocycles. The van der Waals surface area contributed by atoms with Crippen molar-refractivity contribution in [3.63, 3.8) is 0 Å². The maximum Gasteiger partial charge on any atom is 0.194 e. The third kappa shape index (κ3) is 1.91. The van der Waals surface area contributed by atoms with E-state index in [9.17, 15) is 0 Å². The van der Waals surface area contributed by atoms with Crippen LogP contribution in [-0.4, -0.2) is 9.38 Å². The minimum Gasteiger partial charge on any atom is -0.379 e. The standard InChI is InChI=1S/C13H13N3S/c1-10-12(16-7-8-17-13(16)15-10)9-14-11-5-3-2-4-6-11/h2-8,14H,9H2,1H3. The maximum atomic E-state index is 4.53. The van der Waals surface area contributed by atoms with Crippen LogP contribution in [-0.2, 0) is 6.54 Å². The van der Waals surface area contributed by atoms with Crippen LogP contribution in [0.25, 0.3) is 4.96 Å². The molecule has 0 aliphatic rings. The molecule has 2 aromatic heterocycles. The lowest BCUT2D eigenvalue weighted by molar-refractivity contribution is 0.995. The molecule has 1 aromatic carbocycles. The first-order chi connectivity index (χ1) is 8.34. The van der Waals surface area contributed by atoms with E-state index in [0.717, 1.165) is 22.9 Å². The molecule has 1 N–H and O–H groups in total. The Kier molecular flexibility index (Phi) is 2.57. The molecule has 3 nitrogen and oxygen atoms in total. The van der Waals surface area contributed by atoms with Crippen molar-refractivity contribution in [3.8, 4) is 0 Å². The minimum atomic E-state index is 0.799. The molecule has 0 bridgehead atoms. The largest absolute Gasteiger partial charge is 0.379 e. The zero-order valence-electron chi connectivity index (χ0n) is 9.55. The van der Waals surface area contributed by atoms with Crippen LogP contribution in [0.2, 0.25) is 0 Å². The molecule has 0 aliphatic heterocycles. The Hall–Kier alpha value is -1.81. The predicted octanol–water partition coefficient (Wildman–Crippen LogP) is 3.32. The lowest BCUT2D eigenvalue weighted by atomic mass is 10.3. The number of para-hydroxylation sites is 1. The van der Waals surface area contributed by atoms with Crippen molar-refractivity contribution in [2.24, 2.45) is 0 Å². The molecule has 86 valence electrons. The highest BCUT2D eigenvalue weighted by Gasteiger charge is 2.08. The Balaban J connectivity index is 1.85. The first-order valence-electron chi connectivity index (χ1n) is 5.54. The van der Waals surface area contributed by atoms with Crippen molar-refractivity contribution in [2.45, 2.75) is 13.5 Å². The van der Waals surface area contributed by atoms with E-state index in [0.29, 0.717) is 0 Å².